The van der Waals surface area contributed by atoms with Gasteiger partial charge in [0, 0.05) is 30.2 Å². The van der Waals surface area contributed by atoms with E-state index in [0.29, 0.717) is 27.2 Å². The molecule has 0 saturated carbocycles. The molecule has 0 aliphatic heterocycles. The Morgan fingerprint density at radius 2 is 1.97 bits per heavy atom. The van der Waals surface area contributed by atoms with Crippen molar-refractivity contribution in [1.82, 2.24) is 14.9 Å². The van der Waals surface area contributed by atoms with Crippen molar-refractivity contribution in [3.8, 4) is 5.69 Å². The molecule has 31 heavy (non-hydrogen) atoms. The molecule has 0 spiro atoms. The highest BCUT2D eigenvalue weighted by Crippen LogP contribution is 2.18. The van der Waals surface area contributed by atoms with Crippen molar-refractivity contribution in [1.29, 1.82) is 0 Å². The number of hydrogen-bond acceptors (Lipinski definition) is 4. The van der Waals surface area contributed by atoms with E-state index < -0.39 is 11.7 Å². The number of nitrogens with zero attached hydrogens (tertiary/aromatic N) is 2. The van der Waals surface area contributed by atoms with Gasteiger partial charge in [0.25, 0.3) is 11.8 Å². The molecule has 4 rings (SSSR count). The fraction of sp³-hybridized carbons (Fsp3) is 0.0455. The summed E-state index contributed by atoms with van der Waals surface area (Å²) in [6.07, 6.45) is 4.73. The van der Waals surface area contributed by atoms with Crippen LogP contribution >= 0.6 is 15.9 Å². The fourth-order valence-electron chi connectivity index (χ4n) is 2.92. The van der Waals surface area contributed by atoms with Crippen LogP contribution in [0, 0.1) is 5.82 Å². The third-order valence-corrected chi connectivity index (χ3v) is 4.85. The first-order chi connectivity index (χ1) is 15.0. The average Bonchev–Trinajstić information content (AvgIpc) is 3.44. The summed E-state index contributed by atoms with van der Waals surface area (Å²) >= 11 is 3.14. The zero-order chi connectivity index (χ0) is 21.8. The summed E-state index contributed by atoms with van der Waals surface area (Å²) in [4.78, 5) is 28.6. The van der Waals surface area contributed by atoms with Gasteiger partial charge in [0.1, 0.15) is 5.82 Å². The van der Waals surface area contributed by atoms with E-state index in [1.807, 2.05) is 0 Å². The number of nitrogens with one attached hydrogen (secondary N) is 2. The highest BCUT2D eigenvalue weighted by molar-refractivity contribution is 9.10. The highest BCUT2D eigenvalue weighted by atomic mass is 79.9. The van der Waals surface area contributed by atoms with Gasteiger partial charge in [0.2, 0.25) is 0 Å². The van der Waals surface area contributed by atoms with Crippen LogP contribution in [-0.2, 0) is 6.54 Å². The summed E-state index contributed by atoms with van der Waals surface area (Å²) in [5.74, 6) is -1.06. The van der Waals surface area contributed by atoms with E-state index >= 15 is 0 Å². The van der Waals surface area contributed by atoms with Crippen LogP contribution in [-0.4, -0.2) is 21.4 Å². The van der Waals surface area contributed by atoms with Gasteiger partial charge < -0.3 is 19.6 Å². The number of halogens is 2. The number of hydrogen-bond donors (Lipinski definition) is 2. The summed E-state index contributed by atoms with van der Waals surface area (Å²) in [7, 11) is 0. The van der Waals surface area contributed by atoms with Crippen molar-refractivity contribution in [3.63, 3.8) is 0 Å². The smallest absolute Gasteiger partial charge is 0.291 e. The van der Waals surface area contributed by atoms with E-state index in [4.69, 9.17) is 4.42 Å². The Kier molecular flexibility index (Phi) is 5.94. The van der Waals surface area contributed by atoms with Gasteiger partial charge in [-0.3, -0.25) is 9.59 Å². The van der Waals surface area contributed by atoms with Gasteiger partial charge in [-0.15, -0.1) is 0 Å². The van der Waals surface area contributed by atoms with Gasteiger partial charge in [0.15, 0.2) is 10.4 Å². The Labute approximate surface area is 185 Å². The number of imidazole rings is 1. The minimum atomic E-state index is -0.434. The number of aromatic nitrogens is 2. The monoisotopic (exact) mass is 482 g/mol. The highest BCUT2D eigenvalue weighted by Gasteiger charge is 2.13. The van der Waals surface area contributed by atoms with E-state index in [9.17, 15) is 14.0 Å². The molecule has 2 N–H and O–H groups in total. The quantitative estimate of drug-likeness (QED) is 0.421. The zero-order valence-electron chi connectivity index (χ0n) is 16.0. The van der Waals surface area contributed by atoms with Gasteiger partial charge in [-0.05, 0) is 64.0 Å². The van der Waals surface area contributed by atoms with E-state index in [2.05, 4.69) is 31.5 Å². The Hall–Kier alpha value is -3.72. The van der Waals surface area contributed by atoms with Crippen LogP contribution in [0.2, 0.25) is 0 Å². The maximum atomic E-state index is 14.4. The molecule has 0 radical (unpaired) electrons. The first-order valence-electron chi connectivity index (χ1n) is 9.21. The molecule has 0 atom stereocenters. The fourth-order valence-corrected chi connectivity index (χ4v) is 3.23. The molecule has 7 nitrogen and oxygen atoms in total. The van der Waals surface area contributed by atoms with Gasteiger partial charge in [-0.25, -0.2) is 9.37 Å². The van der Waals surface area contributed by atoms with Crippen molar-refractivity contribution in [3.05, 3.63) is 101 Å². The number of amides is 2. The largest absolute Gasteiger partial charge is 0.444 e. The second-order valence-electron chi connectivity index (χ2n) is 6.58. The Morgan fingerprint density at radius 1 is 1.10 bits per heavy atom. The molecule has 2 amide bonds. The molecule has 0 aliphatic carbocycles. The first kappa shape index (κ1) is 20.5. The number of anilines is 1. The van der Waals surface area contributed by atoms with Crippen LogP contribution in [0.25, 0.3) is 5.69 Å². The second-order valence-corrected chi connectivity index (χ2v) is 7.36. The number of benzene rings is 2. The summed E-state index contributed by atoms with van der Waals surface area (Å²) in [5.41, 5.74) is 1.79. The molecule has 0 aliphatic rings. The number of carbonyl (C=O) groups excluding carboxylic acids is 2. The minimum absolute atomic E-state index is 0.142. The lowest BCUT2D eigenvalue weighted by Gasteiger charge is -2.09. The Morgan fingerprint density at radius 3 is 2.68 bits per heavy atom. The van der Waals surface area contributed by atoms with Crippen LogP contribution in [0.5, 0.6) is 0 Å². The van der Waals surface area contributed by atoms with E-state index in [1.54, 1.807) is 59.4 Å². The number of furan rings is 1. The van der Waals surface area contributed by atoms with Gasteiger partial charge in [-0.2, -0.15) is 0 Å². The van der Waals surface area contributed by atoms with Gasteiger partial charge in [0.05, 0.1) is 12.0 Å². The van der Waals surface area contributed by atoms with E-state index in [1.165, 1.54) is 18.5 Å². The van der Waals surface area contributed by atoms with Crippen LogP contribution < -0.4 is 10.6 Å². The molecule has 156 valence electrons. The molecule has 0 unspecified atom stereocenters. The second kappa shape index (κ2) is 8.97. The Bertz CT molecular complexity index is 1240. The molecule has 2 aromatic heterocycles. The van der Waals surface area contributed by atoms with Crippen molar-refractivity contribution >= 4 is 33.4 Å². The zero-order valence-corrected chi connectivity index (χ0v) is 17.6. The summed E-state index contributed by atoms with van der Waals surface area (Å²) in [6, 6.07) is 14.4. The van der Waals surface area contributed by atoms with Crippen molar-refractivity contribution in [2.45, 2.75) is 6.54 Å². The van der Waals surface area contributed by atoms with Gasteiger partial charge >= 0.3 is 0 Å². The molecular formula is C22H16BrFN4O3. The molecule has 2 aromatic carbocycles. The molecule has 9 heteroatoms. The van der Waals surface area contributed by atoms with Crippen LogP contribution in [0.15, 0.2) is 82.4 Å². The number of rotatable bonds is 6. The molecule has 0 fully saturated rings. The molecule has 0 bridgehead atoms. The minimum Gasteiger partial charge on any atom is -0.444 e. The summed E-state index contributed by atoms with van der Waals surface area (Å²) in [5, 5.41) is 5.43. The summed E-state index contributed by atoms with van der Waals surface area (Å²) < 4.78 is 21.6. The maximum absolute atomic E-state index is 14.4. The molecule has 0 saturated heterocycles. The third-order valence-electron chi connectivity index (χ3n) is 4.43. The standard InChI is InChI=1S/C22H16BrFN4O3/c23-20-7-6-19(31-20)22(30)27-16-3-1-2-15(11-16)21(29)26-12-14-4-5-18(17(24)10-14)28-9-8-25-13-28/h1-11,13H,12H2,(H,26,29)(H,27,30). The lowest BCUT2D eigenvalue weighted by atomic mass is 10.1. The van der Waals surface area contributed by atoms with Crippen LogP contribution in [0.4, 0.5) is 10.1 Å². The SMILES string of the molecule is O=C(NCc1ccc(-n2ccnc2)c(F)c1)c1cccc(NC(=O)c2ccc(Br)o2)c1. The van der Waals surface area contributed by atoms with Crippen molar-refractivity contribution in [2.24, 2.45) is 0 Å². The topological polar surface area (TPSA) is 89.2 Å². The predicted molar refractivity (Wildman–Crippen MR) is 115 cm³/mol. The van der Waals surface area contributed by atoms with Gasteiger partial charge in [-0.1, -0.05) is 12.1 Å². The van der Waals surface area contributed by atoms with Crippen LogP contribution in [0.3, 0.4) is 0 Å². The molecule has 4 aromatic rings. The van der Waals surface area contributed by atoms with Crippen LogP contribution in [0.1, 0.15) is 26.5 Å². The first-order valence-corrected chi connectivity index (χ1v) is 10.0. The lowest BCUT2D eigenvalue weighted by Crippen LogP contribution is -2.23. The third kappa shape index (κ3) is 4.89. The lowest BCUT2D eigenvalue weighted by molar-refractivity contribution is 0.0948. The van der Waals surface area contributed by atoms with E-state index in [-0.39, 0.29) is 18.2 Å². The molecule has 2 heterocycles. The van der Waals surface area contributed by atoms with Crippen molar-refractivity contribution < 1.29 is 18.4 Å². The normalized spacial score (nSPS) is 10.6. The molecular weight excluding hydrogens is 467 g/mol. The van der Waals surface area contributed by atoms with E-state index in [0.717, 1.165) is 0 Å². The summed E-state index contributed by atoms with van der Waals surface area (Å²) in [6.45, 7) is 0.150. The predicted octanol–water partition coefficient (Wildman–Crippen LogP) is 4.55. The average molecular weight is 483 g/mol. The Balaban J connectivity index is 1.39. The maximum Gasteiger partial charge on any atom is 0.291 e. The van der Waals surface area contributed by atoms with Crippen molar-refractivity contribution in [2.75, 3.05) is 5.32 Å². The number of carbonyl (C=O) groups is 2.